The zero-order chi connectivity index (χ0) is 17.8. The highest BCUT2D eigenvalue weighted by Crippen LogP contribution is 2.34. The van der Waals surface area contributed by atoms with E-state index in [4.69, 9.17) is 14.7 Å². The lowest BCUT2D eigenvalue weighted by Gasteiger charge is -2.03. The van der Waals surface area contributed by atoms with Crippen molar-refractivity contribution in [3.8, 4) is 17.6 Å². The van der Waals surface area contributed by atoms with E-state index in [1.165, 1.54) is 7.11 Å². The van der Waals surface area contributed by atoms with Crippen LogP contribution in [0.4, 0.5) is 0 Å². The molecule has 0 spiro atoms. The van der Waals surface area contributed by atoms with Gasteiger partial charge in [-0.2, -0.15) is 5.26 Å². The van der Waals surface area contributed by atoms with Crippen molar-refractivity contribution in [3.63, 3.8) is 0 Å². The van der Waals surface area contributed by atoms with Crippen LogP contribution in [0, 0.1) is 11.3 Å². The predicted molar refractivity (Wildman–Crippen MR) is 88.3 cm³/mol. The first-order chi connectivity index (χ1) is 12.1. The summed E-state index contributed by atoms with van der Waals surface area (Å²) in [7, 11) is 1.31. The van der Waals surface area contributed by atoms with Gasteiger partial charge in [0.2, 0.25) is 5.78 Å². The van der Waals surface area contributed by atoms with Crippen LogP contribution >= 0.6 is 0 Å². The number of methoxy groups -OCH3 is 1. The number of esters is 1. The number of nitrogens with zero attached hydrogens (tertiary/aromatic N) is 1. The van der Waals surface area contributed by atoms with Gasteiger partial charge in [0.1, 0.15) is 17.6 Å². The summed E-state index contributed by atoms with van der Waals surface area (Å²) in [4.78, 5) is 23.8. The third-order valence-corrected chi connectivity index (χ3v) is 3.57. The molecule has 0 aliphatic carbocycles. The first kappa shape index (κ1) is 16.3. The van der Waals surface area contributed by atoms with Crippen LogP contribution in [0.1, 0.15) is 26.3 Å². The van der Waals surface area contributed by atoms with E-state index in [1.54, 1.807) is 48.5 Å². The van der Waals surface area contributed by atoms with E-state index in [0.29, 0.717) is 28.2 Å². The summed E-state index contributed by atoms with van der Waals surface area (Å²) in [6, 6.07) is 13.3. The van der Waals surface area contributed by atoms with E-state index in [9.17, 15) is 9.59 Å². The number of allylic oxidation sites excluding steroid dienone is 1. The van der Waals surface area contributed by atoms with Gasteiger partial charge in [-0.15, -0.1) is 0 Å². The second-order valence-corrected chi connectivity index (χ2v) is 5.16. The smallest absolute Gasteiger partial charge is 0.337 e. The number of ether oxygens (including phenoxy) is 3. The van der Waals surface area contributed by atoms with Crippen molar-refractivity contribution < 1.29 is 23.8 Å². The second-order valence-electron chi connectivity index (χ2n) is 5.16. The van der Waals surface area contributed by atoms with Gasteiger partial charge in [0, 0.05) is 6.07 Å². The molecule has 2 aromatic carbocycles. The van der Waals surface area contributed by atoms with Crippen molar-refractivity contribution in [2.75, 3.05) is 13.7 Å². The Kier molecular flexibility index (Phi) is 4.48. The maximum Gasteiger partial charge on any atom is 0.337 e. The van der Waals surface area contributed by atoms with Crippen molar-refractivity contribution in [2.24, 2.45) is 0 Å². The summed E-state index contributed by atoms with van der Waals surface area (Å²) < 4.78 is 15.4. The topological polar surface area (TPSA) is 85.6 Å². The van der Waals surface area contributed by atoms with Crippen molar-refractivity contribution >= 4 is 17.8 Å². The highest BCUT2D eigenvalue weighted by Gasteiger charge is 2.27. The molecule has 1 aliphatic heterocycles. The molecule has 0 amide bonds. The number of hydrogen-bond donors (Lipinski definition) is 0. The fourth-order valence-electron chi connectivity index (χ4n) is 2.36. The van der Waals surface area contributed by atoms with Crippen LogP contribution in [0.25, 0.3) is 6.08 Å². The average Bonchev–Trinajstić information content (AvgIpc) is 2.95. The Hall–Kier alpha value is -3.59. The van der Waals surface area contributed by atoms with Gasteiger partial charge in [-0.25, -0.2) is 4.79 Å². The van der Waals surface area contributed by atoms with Gasteiger partial charge in [0.05, 0.1) is 18.2 Å². The van der Waals surface area contributed by atoms with Gasteiger partial charge in [-0.1, -0.05) is 12.1 Å². The number of carbonyl (C=O) groups excluding carboxylic acids is 2. The summed E-state index contributed by atoms with van der Waals surface area (Å²) in [6.45, 7) is -0.0814. The van der Waals surface area contributed by atoms with E-state index in [-0.39, 0.29) is 18.1 Å². The van der Waals surface area contributed by atoms with Crippen molar-refractivity contribution in [1.29, 1.82) is 5.26 Å². The van der Waals surface area contributed by atoms with Gasteiger partial charge >= 0.3 is 5.97 Å². The highest BCUT2D eigenvalue weighted by molar-refractivity contribution is 6.14. The van der Waals surface area contributed by atoms with E-state index in [0.717, 1.165) is 0 Å². The molecular weight excluding hydrogens is 322 g/mol. The van der Waals surface area contributed by atoms with E-state index >= 15 is 0 Å². The molecule has 3 rings (SSSR count). The van der Waals surface area contributed by atoms with Crippen LogP contribution < -0.4 is 9.47 Å². The lowest BCUT2D eigenvalue weighted by molar-refractivity contribution is 0.0600. The summed E-state index contributed by atoms with van der Waals surface area (Å²) >= 11 is 0. The van der Waals surface area contributed by atoms with Crippen molar-refractivity contribution in [2.45, 2.75) is 0 Å². The van der Waals surface area contributed by atoms with Gasteiger partial charge in [0.25, 0.3) is 0 Å². The van der Waals surface area contributed by atoms with E-state index in [1.807, 2.05) is 6.07 Å². The molecular formula is C19H13NO5. The molecule has 124 valence electrons. The number of benzene rings is 2. The molecule has 1 heterocycles. The Balaban J connectivity index is 1.82. The molecule has 0 unspecified atom stereocenters. The number of Topliss-reactive ketones (excluding diaryl/α,β-unsaturated/α-hetero) is 1. The molecule has 1 aliphatic rings. The average molecular weight is 335 g/mol. The normalized spacial score (nSPS) is 13.8. The molecule has 0 radical (unpaired) electrons. The molecule has 0 aromatic heterocycles. The van der Waals surface area contributed by atoms with E-state index in [2.05, 4.69) is 4.74 Å². The van der Waals surface area contributed by atoms with Gasteiger partial charge in [-0.05, 0) is 35.9 Å². The lowest BCUT2D eigenvalue weighted by Crippen LogP contribution is -2.01. The van der Waals surface area contributed by atoms with Crippen LogP contribution in [0.15, 0.2) is 48.2 Å². The summed E-state index contributed by atoms with van der Waals surface area (Å²) in [5.74, 6) is 0.358. The molecule has 0 bridgehead atoms. The zero-order valence-electron chi connectivity index (χ0n) is 13.3. The SMILES string of the molecule is COC(=O)c1ccc(C=C2Oc3cc(OCC#N)ccc3C2=O)cc1. The molecule has 6 nitrogen and oxygen atoms in total. The fourth-order valence-corrected chi connectivity index (χ4v) is 2.36. The Morgan fingerprint density at radius 2 is 2.00 bits per heavy atom. The van der Waals surface area contributed by atoms with Gasteiger partial charge in [0.15, 0.2) is 12.4 Å². The maximum atomic E-state index is 12.4. The summed E-state index contributed by atoms with van der Waals surface area (Å²) in [5.41, 5.74) is 1.57. The quantitative estimate of drug-likeness (QED) is 0.631. The first-order valence-electron chi connectivity index (χ1n) is 7.39. The lowest BCUT2D eigenvalue weighted by atomic mass is 10.1. The summed E-state index contributed by atoms with van der Waals surface area (Å²) in [5, 5.41) is 8.54. The molecule has 0 N–H and O–H groups in total. The molecule has 6 heteroatoms. The molecule has 0 fully saturated rings. The Morgan fingerprint density at radius 1 is 1.24 bits per heavy atom. The van der Waals surface area contributed by atoms with Crippen LogP contribution in [0.3, 0.4) is 0 Å². The standard InChI is InChI=1S/C19H13NO5/c1-23-19(22)13-4-2-12(3-5-13)10-17-18(21)15-7-6-14(24-9-8-20)11-16(15)25-17/h2-7,10-11H,9H2,1H3. The number of carbonyl (C=O) groups is 2. The minimum absolute atomic E-state index is 0.0814. The Morgan fingerprint density at radius 3 is 2.68 bits per heavy atom. The zero-order valence-corrected chi connectivity index (χ0v) is 13.3. The van der Waals surface area contributed by atoms with Crippen molar-refractivity contribution in [1.82, 2.24) is 0 Å². The highest BCUT2D eigenvalue weighted by atomic mass is 16.5. The molecule has 0 saturated heterocycles. The third kappa shape index (κ3) is 3.35. The Labute approximate surface area is 143 Å². The monoisotopic (exact) mass is 335 g/mol. The molecule has 25 heavy (non-hydrogen) atoms. The predicted octanol–water partition coefficient (Wildman–Crippen LogP) is 2.99. The van der Waals surface area contributed by atoms with Crippen LogP contribution in [-0.2, 0) is 4.74 Å². The largest absolute Gasteiger partial charge is 0.479 e. The summed E-state index contributed by atoms with van der Waals surface area (Å²) in [6.07, 6.45) is 1.60. The van der Waals surface area contributed by atoms with Gasteiger partial charge in [-0.3, -0.25) is 4.79 Å². The molecule has 2 aromatic rings. The number of rotatable bonds is 4. The minimum Gasteiger partial charge on any atom is -0.479 e. The number of hydrogen-bond acceptors (Lipinski definition) is 6. The minimum atomic E-state index is -0.426. The second kappa shape index (κ2) is 6.89. The number of nitriles is 1. The molecule has 0 atom stereocenters. The van der Waals surface area contributed by atoms with Crippen molar-refractivity contribution in [3.05, 3.63) is 64.9 Å². The number of fused-ring (bicyclic) bond motifs is 1. The molecule has 0 saturated carbocycles. The third-order valence-electron chi connectivity index (χ3n) is 3.57. The van der Waals surface area contributed by atoms with Crippen LogP contribution in [0.2, 0.25) is 0 Å². The first-order valence-corrected chi connectivity index (χ1v) is 7.39. The number of ketones is 1. The van der Waals surface area contributed by atoms with E-state index < -0.39 is 5.97 Å². The maximum absolute atomic E-state index is 12.4. The Bertz CT molecular complexity index is 906. The fraction of sp³-hybridized carbons (Fsp3) is 0.105. The van der Waals surface area contributed by atoms with Crippen LogP contribution in [-0.4, -0.2) is 25.5 Å². The van der Waals surface area contributed by atoms with Crippen LogP contribution in [0.5, 0.6) is 11.5 Å². The van der Waals surface area contributed by atoms with Gasteiger partial charge < -0.3 is 14.2 Å².